The summed E-state index contributed by atoms with van der Waals surface area (Å²) in [5, 5.41) is 3.06. The molecule has 30 heavy (non-hydrogen) atoms. The van der Waals surface area contributed by atoms with Gasteiger partial charge in [-0.2, -0.15) is 13.2 Å². The Hall–Kier alpha value is -3.18. The highest BCUT2D eigenvalue weighted by molar-refractivity contribution is 5.97. The predicted octanol–water partition coefficient (Wildman–Crippen LogP) is 2.43. The summed E-state index contributed by atoms with van der Waals surface area (Å²) in [4.78, 5) is 35.1. The maximum atomic E-state index is 12.3. The monoisotopic (exact) mass is 436 g/mol. The van der Waals surface area contributed by atoms with Gasteiger partial charge < -0.3 is 24.3 Å². The number of nitrogens with one attached hydrogen (secondary N) is 2. The number of imide groups is 1. The maximum Gasteiger partial charge on any atom is 0.405 e. The number of ether oxygens (including phenoxy) is 4. The zero-order chi connectivity index (χ0) is 22.7. The van der Waals surface area contributed by atoms with Gasteiger partial charge >= 0.3 is 18.2 Å². The molecule has 0 unspecified atom stereocenters. The SMILES string of the molecule is CCOc1cc(C(=O)OCC(=O)NC(=O)NCC(F)(F)F)cc(OCC)c1OCC. The third-order valence-corrected chi connectivity index (χ3v) is 3.18. The van der Waals surface area contributed by atoms with Crippen molar-refractivity contribution in [2.24, 2.45) is 0 Å². The number of alkyl halides is 3. The molecule has 1 aromatic rings. The van der Waals surface area contributed by atoms with E-state index in [1.165, 1.54) is 17.4 Å². The van der Waals surface area contributed by atoms with Crippen LogP contribution in [-0.2, 0) is 9.53 Å². The molecule has 2 N–H and O–H groups in total. The highest BCUT2D eigenvalue weighted by atomic mass is 19.4. The molecule has 0 fully saturated rings. The number of esters is 1. The van der Waals surface area contributed by atoms with E-state index in [1.54, 1.807) is 26.1 Å². The van der Waals surface area contributed by atoms with Gasteiger partial charge in [0.1, 0.15) is 6.54 Å². The maximum absolute atomic E-state index is 12.3. The molecule has 0 aliphatic rings. The Labute approximate surface area is 170 Å². The van der Waals surface area contributed by atoms with Gasteiger partial charge in [-0.3, -0.25) is 10.1 Å². The van der Waals surface area contributed by atoms with Crippen LogP contribution < -0.4 is 24.8 Å². The molecule has 0 aliphatic carbocycles. The molecule has 0 radical (unpaired) electrons. The van der Waals surface area contributed by atoms with Gasteiger partial charge in [-0.25, -0.2) is 9.59 Å². The average Bonchev–Trinajstić information content (AvgIpc) is 2.66. The third kappa shape index (κ3) is 8.45. The molecule has 0 saturated carbocycles. The van der Waals surface area contributed by atoms with E-state index in [0.29, 0.717) is 12.4 Å². The lowest BCUT2D eigenvalue weighted by molar-refractivity contribution is -0.125. The van der Waals surface area contributed by atoms with Gasteiger partial charge in [0, 0.05) is 0 Å². The molecule has 0 aliphatic heterocycles. The summed E-state index contributed by atoms with van der Waals surface area (Å²) < 4.78 is 57.3. The van der Waals surface area contributed by atoms with Crippen molar-refractivity contribution >= 4 is 17.9 Å². The molecule has 1 aromatic carbocycles. The summed E-state index contributed by atoms with van der Waals surface area (Å²) in [6.07, 6.45) is -4.63. The van der Waals surface area contributed by atoms with E-state index in [9.17, 15) is 27.6 Å². The van der Waals surface area contributed by atoms with Crippen LogP contribution in [0.3, 0.4) is 0 Å². The number of rotatable bonds is 10. The topological polar surface area (TPSA) is 112 Å². The van der Waals surface area contributed by atoms with E-state index in [1.807, 2.05) is 0 Å². The molecule has 3 amide bonds. The fraction of sp³-hybridized carbons (Fsp3) is 0.500. The van der Waals surface area contributed by atoms with Gasteiger partial charge in [0.25, 0.3) is 5.91 Å². The van der Waals surface area contributed by atoms with Crippen LogP contribution in [0.2, 0.25) is 0 Å². The van der Waals surface area contributed by atoms with E-state index in [2.05, 4.69) is 0 Å². The Bertz CT molecular complexity index is 727. The van der Waals surface area contributed by atoms with E-state index in [4.69, 9.17) is 18.9 Å². The summed E-state index contributed by atoms with van der Waals surface area (Å²) in [5.41, 5.74) is -0.0142. The second-order valence-corrected chi connectivity index (χ2v) is 5.52. The molecule has 0 saturated heterocycles. The summed E-state index contributed by atoms with van der Waals surface area (Å²) in [7, 11) is 0. The van der Waals surface area contributed by atoms with E-state index >= 15 is 0 Å². The summed E-state index contributed by atoms with van der Waals surface area (Å²) in [6, 6.07) is 1.31. The molecule has 168 valence electrons. The largest absolute Gasteiger partial charge is 0.490 e. The van der Waals surface area contributed by atoms with Crippen LogP contribution in [0.5, 0.6) is 17.2 Å². The van der Waals surface area contributed by atoms with Crippen molar-refractivity contribution in [1.82, 2.24) is 10.6 Å². The molecular weight excluding hydrogens is 413 g/mol. The van der Waals surface area contributed by atoms with Crippen molar-refractivity contribution in [1.29, 1.82) is 0 Å². The lowest BCUT2D eigenvalue weighted by atomic mass is 10.2. The number of hydrogen-bond acceptors (Lipinski definition) is 7. The Kier molecular flexibility index (Phi) is 9.72. The minimum absolute atomic E-state index is 0.0142. The van der Waals surface area contributed by atoms with E-state index in [-0.39, 0.29) is 30.3 Å². The summed E-state index contributed by atoms with van der Waals surface area (Å²) >= 11 is 0. The first-order chi connectivity index (χ1) is 14.1. The lowest BCUT2D eigenvalue weighted by Crippen LogP contribution is -2.44. The minimum atomic E-state index is -4.63. The van der Waals surface area contributed by atoms with Gasteiger partial charge in [0.2, 0.25) is 5.75 Å². The fourth-order valence-corrected chi connectivity index (χ4v) is 2.11. The first-order valence-electron chi connectivity index (χ1n) is 8.99. The molecular formula is C18H23F3N2O7. The highest BCUT2D eigenvalue weighted by Crippen LogP contribution is 2.39. The molecule has 0 heterocycles. The molecule has 1 rings (SSSR count). The van der Waals surface area contributed by atoms with Crippen LogP contribution in [-0.4, -0.2) is 57.1 Å². The number of amides is 3. The third-order valence-electron chi connectivity index (χ3n) is 3.18. The number of halogens is 3. The first kappa shape index (κ1) is 24.9. The zero-order valence-electron chi connectivity index (χ0n) is 16.7. The van der Waals surface area contributed by atoms with Crippen molar-refractivity contribution in [3.8, 4) is 17.2 Å². The quantitative estimate of drug-likeness (QED) is 0.542. The van der Waals surface area contributed by atoms with Crippen molar-refractivity contribution in [2.75, 3.05) is 33.0 Å². The van der Waals surface area contributed by atoms with Crippen LogP contribution in [0.1, 0.15) is 31.1 Å². The first-order valence-corrected chi connectivity index (χ1v) is 8.99. The van der Waals surface area contributed by atoms with Crippen molar-refractivity contribution in [3.05, 3.63) is 17.7 Å². The number of benzene rings is 1. The standard InChI is InChI=1S/C18H23F3N2O7/c1-4-27-12-7-11(8-13(28-5-2)15(12)29-6-3)16(25)30-9-14(24)23-17(26)22-10-18(19,20)21/h7-8H,4-6,9-10H2,1-3H3,(H2,22,23,24,26). The minimum Gasteiger partial charge on any atom is -0.490 e. The van der Waals surface area contributed by atoms with E-state index in [0.717, 1.165) is 0 Å². The summed E-state index contributed by atoms with van der Waals surface area (Å²) in [5.74, 6) is -1.28. The van der Waals surface area contributed by atoms with Crippen LogP contribution in [0.4, 0.5) is 18.0 Å². The number of carbonyl (C=O) groups is 3. The van der Waals surface area contributed by atoms with Crippen molar-refractivity contribution in [2.45, 2.75) is 26.9 Å². The van der Waals surface area contributed by atoms with E-state index < -0.39 is 37.2 Å². The van der Waals surface area contributed by atoms with Crippen LogP contribution in [0.25, 0.3) is 0 Å². The highest BCUT2D eigenvalue weighted by Gasteiger charge is 2.28. The Morgan fingerprint density at radius 1 is 0.933 bits per heavy atom. The Balaban J connectivity index is 2.80. The fourth-order valence-electron chi connectivity index (χ4n) is 2.11. The lowest BCUT2D eigenvalue weighted by Gasteiger charge is -2.16. The smallest absolute Gasteiger partial charge is 0.405 e. The molecule has 0 aromatic heterocycles. The van der Waals surface area contributed by atoms with Gasteiger partial charge in [0.15, 0.2) is 18.1 Å². The van der Waals surface area contributed by atoms with Crippen molar-refractivity contribution < 1.29 is 46.5 Å². The van der Waals surface area contributed by atoms with Crippen LogP contribution in [0, 0.1) is 0 Å². The summed E-state index contributed by atoms with van der Waals surface area (Å²) in [6.45, 7) is 3.60. The second-order valence-electron chi connectivity index (χ2n) is 5.52. The van der Waals surface area contributed by atoms with Crippen molar-refractivity contribution in [3.63, 3.8) is 0 Å². The number of hydrogen-bond donors (Lipinski definition) is 2. The van der Waals surface area contributed by atoms with Crippen LogP contribution in [0.15, 0.2) is 12.1 Å². The Morgan fingerprint density at radius 3 is 1.93 bits per heavy atom. The Morgan fingerprint density at radius 2 is 1.47 bits per heavy atom. The molecule has 9 nitrogen and oxygen atoms in total. The average molecular weight is 436 g/mol. The normalized spacial score (nSPS) is 10.7. The van der Waals surface area contributed by atoms with Gasteiger partial charge in [-0.1, -0.05) is 0 Å². The predicted molar refractivity (Wildman–Crippen MR) is 97.8 cm³/mol. The molecule has 0 atom stereocenters. The van der Waals surface area contributed by atoms with Gasteiger partial charge in [-0.05, 0) is 32.9 Å². The molecule has 0 bridgehead atoms. The van der Waals surface area contributed by atoms with Gasteiger partial charge in [0.05, 0.1) is 25.4 Å². The number of carbonyl (C=O) groups excluding carboxylic acids is 3. The molecule has 12 heteroatoms. The second kappa shape index (κ2) is 11.7. The number of urea groups is 1. The zero-order valence-corrected chi connectivity index (χ0v) is 16.7. The molecule has 0 spiro atoms. The van der Waals surface area contributed by atoms with Crippen LogP contribution >= 0.6 is 0 Å². The van der Waals surface area contributed by atoms with Gasteiger partial charge in [-0.15, -0.1) is 0 Å².